The third kappa shape index (κ3) is 10.4. The van der Waals surface area contributed by atoms with E-state index in [4.69, 9.17) is 27.5 Å². The molecule has 10 aromatic heterocycles. The van der Waals surface area contributed by atoms with Crippen LogP contribution in [0, 0.1) is 11.8 Å². The number of hydrogen-bond donors (Lipinski definition) is 0. The summed E-state index contributed by atoms with van der Waals surface area (Å²) in [6, 6.07) is 14.6. The Morgan fingerprint density at radius 2 is 0.895 bits per heavy atom. The maximum Gasteiger partial charge on any atom is 0.132 e. The molecule has 1 aliphatic carbocycles. The minimum absolute atomic E-state index is 0.133. The molecule has 0 aromatic carbocycles. The zero-order valence-electron chi connectivity index (χ0n) is 45.6. The van der Waals surface area contributed by atoms with E-state index in [1.54, 1.807) is 0 Å². The van der Waals surface area contributed by atoms with E-state index >= 15 is 0 Å². The van der Waals surface area contributed by atoms with E-state index in [2.05, 4.69) is 114 Å². The molecule has 0 amide bonds. The molecule has 2 unspecified atom stereocenters. The van der Waals surface area contributed by atoms with Gasteiger partial charge < -0.3 is 9.80 Å². The Labute approximate surface area is 482 Å². The minimum atomic E-state index is -0.133. The molecule has 400 valence electrons. The van der Waals surface area contributed by atoms with Gasteiger partial charge in [-0.2, -0.15) is 17.5 Å². The lowest BCUT2D eigenvalue weighted by Gasteiger charge is -2.37. The fraction of sp³-hybridized carbons (Fsp3) is 0.500. The molecular weight excluding hydrogens is 1090 g/mol. The summed E-state index contributed by atoms with van der Waals surface area (Å²) in [5.41, 5.74) is 10.7. The Hall–Kier alpha value is -3.74. The summed E-state index contributed by atoms with van der Waals surface area (Å²) in [5.74, 6) is 1.24. The van der Waals surface area contributed by atoms with Crippen molar-refractivity contribution in [3.05, 3.63) is 59.9 Å². The molecule has 10 aromatic rings. The molecule has 1 aliphatic rings. The van der Waals surface area contributed by atoms with E-state index in [0.717, 1.165) is 77.1 Å². The number of rotatable bonds is 27. The van der Waals surface area contributed by atoms with Gasteiger partial charge in [-0.05, 0) is 91.5 Å². The lowest BCUT2D eigenvalue weighted by Crippen LogP contribution is -2.31. The standard InChI is InChI=1S/C60H72N8S8/c1-9-16-21-36(14-6)32-60(33-37(15-7)22-17-10-2)40-26-48(54-56-52(63-75-65-56)38(34-61-54)42-28-44-46(69-42)30-50(71-44)67(8)23-18-11-3)73-58(40)59-41(60)27-49(74-59)55-57-53(64-76-66-57)39(35-62-55)43-29-45-47(70-43)31-51(72-45)68(24-19-12-4)25-20-13-5/h26-31,34-37H,9-25,32-33H2,1-8H3. The normalized spacial score (nSPS) is 15.3. The predicted molar refractivity (Wildman–Crippen MR) is 340 cm³/mol. The summed E-state index contributed by atoms with van der Waals surface area (Å²) >= 11 is 14.0. The largest absolute Gasteiger partial charge is 0.366 e. The maximum atomic E-state index is 5.39. The van der Waals surface area contributed by atoms with Gasteiger partial charge in [-0.25, -0.2) is 0 Å². The molecule has 0 saturated carbocycles. The fourth-order valence-electron chi connectivity index (χ4n) is 11.7. The van der Waals surface area contributed by atoms with Crippen LogP contribution in [0.25, 0.3) is 92.6 Å². The molecule has 10 heterocycles. The zero-order chi connectivity index (χ0) is 52.5. The van der Waals surface area contributed by atoms with Gasteiger partial charge in [0.05, 0.1) is 43.2 Å². The van der Waals surface area contributed by atoms with Gasteiger partial charge >= 0.3 is 0 Å². The van der Waals surface area contributed by atoms with Crippen molar-refractivity contribution in [2.24, 2.45) is 11.8 Å². The van der Waals surface area contributed by atoms with Crippen LogP contribution in [0.15, 0.2) is 48.8 Å². The fourth-order valence-corrected chi connectivity index (χ4v) is 20.3. The zero-order valence-corrected chi connectivity index (χ0v) is 52.1. The first-order valence-electron chi connectivity index (χ1n) is 28.3. The summed E-state index contributed by atoms with van der Waals surface area (Å²) in [7, 11) is 2.22. The quantitative estimate of drug-likeness (QED) is 0.0504. The SMILES string of the molecule is CCCCC(CC)CC1(CC(CC)CCCC)c2cc(-c3ncc(-c4cc5sc(N(C)CCCC)cc5s4)c4nsnc34)sc2-c2sc(-c3ncc(-c4cc5sc(N(CCCC)CCCC)cc5s4)c4nsnc34)cc21. The van der Waals surface area contributed by atoms with Gasteiger partial charge in [0, 0.05) is 93.9 Å². The number of thiophene rings is 6. The van der Waals surface area contributed by atoms with Gasteiger partial charge in [0.1, 0.15) is 33.5 Å². The number of anilines is 2. The van der Waals surface area contributed by atoms with Crippen LogP contribution >= 0.6 is 91.5 Å². The second-order valence-corrected chi connectivity index (χ2v) is 28.8. The van der Waals surface area contributed by atoms with Crippen LogP contribution in [0.3, 0.4) is 0 Å². The smallest absolute Gasteiger partial charge is 0.132 e. The van der Waals surface area contributed by atoms with Crippen molar-refractivity contribution in [2.45, 2.75) is 157 Å². The Balaban J connectivity index is 0.995. The van der Waals surface area contributed by atoms with Crippen LogP contribution in [-0.4, -0.2) is 54.1 Å². The first-order valence-corrected chi connectivity index (χ1v) is 34.6. The van der Waals surface area contributed by atoms with Crippen LogP contribution in [0.2, 0.25) is 0 Å². The van der Waals surface area contributed by atoms with Gasteiger partial charge in [0.2, 0.25) is 0 Å². The van der Waals surface area contributed by atoms with E-state index in [0.29, 0.717) is 11.8 Å². The highest BCUT2D eigenvalue weighted by atomic mass is 32.1. The predicted octanol–water partition coefficient (Wildman–Crippen LogP) is 21.0. The van der Waals surface area contributed by atoms with E-state index in [1.165, 1.54) is 183 Å². The lowest BCUT2D eigenvalue weighted by molar-refractivity contribution is 0.266. The van der Waals surface area contributed by atoms with Gasteiger partial charge in [-0.1, -0.05) is 119 Å². The van der Waals surface area contributed by atoms with Crippen molar-refractivity contribution >= 4 is 142 Å². The van der Waals surface area contributed by atoms with E-state index in [-0.39, 0.29) is 5.41 Å². The summed E-state index contributed by atoms with van der Waals surface area (Å²) in [6.45, 7) is 19.7. The Kier molecular flexibility index (Phi) is 17.1. The molecule has 0 fully saturated rings. The molecule has 0 saturated heterocycles. The van der Waals surface area contributed by atoms with Gasteiger partial charge in [-0.15, -0.1) is 68.0 Å². The van der Waals surface area contributed by atoms with E-state index < -0.39 is 0 Å². The molecule has 8 nitrogen and oxygen atoms in total. The molecule has 0 bridgehead atoms. The summed E-state index contributed by atoms with van der Waals surface area (Å²) in [5, 5.41) is 2.73. The molecule has 0 aliphatic heterocycles. The maximum absolute atomic E-state index is 5.39. The topological polar surface area (TPSA) is 83.8 Å². The molecule has 0 spiro atoms. The lowest BCUT2D eigenvalue weighted by atomic mass is 9.65. The van der Waals surface area contributed by atoms with Crippen molar-refractivity contribution < 1.29 is 0 Å². The van der Waals surface area contributed by atoms with Crippen LogP contribution in [0.5, 0.6) is 0 Å². The average molecular weight is 1160 g/mol. The molecule has 16 heteroatoms. The van der Waals surface area contributed by atoms with E-state index in [9.17, 15) is 0 Å². The highest BCUT2D eigenvalue weighted by Crippen LogP contribution is 2.63. The van der Waals surface area contributed by atoms with Gasteiger partial charge in [0.15, 0.2) is 0 Å². The van der Waals surface area contributed by atoms with Crippen LogP contribution in [-0.2, 0) is 5.41 Å². The summed E-state index contributed by atoms with van der Waals surface area (Å²) < 4.78 is 25.5. The van der Waals surface area contributed by atoms with E-state index in [1.807, 2.05) is 68.0 Å². The summed E-state index contributed by atoms with van der Waals surface area (Å²) in [6.07, 6.45) is 23.6. The number of aromatic nitrogens is 6. The first kappa shape index (κ1) is 54.2. The van der Waals surface area contributed by atoms with Gasteiger partial charge in [-0.3, -0.25) is 9.97 Å². The van der Waals surface area contributed by atoms with Crippen molar-refractivity contribution in [2.75, 3.05) is 36.5 Å². The number of pyridine rings is 2. The molecule has 2 atom stereocenters. The monoisotopic (exact) mass is 1160 g/mol. The highest BCUT2D eigenvalue weighted by Gasteiger charge is 2.48. The number of hydrogen-bond acceptors (Lipinski definition) is 16. The highest BCUT2D eigenvalue weighted by molar-refractivity contribution is 7.32. The van der Waals surface area contributed by atoms with Crippen molar-refractivity contribution in [1.29, 1.82) is 0 Å². The second-order valence-electron chi connectivity index (χ2n) is 21.3. The molecule has 11 rings (SSSR count). The second kappa shape index (κ2) is 23.9. The average Bonchev–Trinajstić information content (AvgIpc) is 4.42. The molecule has 0 radical (unpaired) electrons. The summed E-state index contributed by atoms with van der Waals surface area (Å²) in [4.78, 5) is 23.4. The minimum Gasteiger partial charge on any atom is -0.366 e. The van der Waals surface area contributed by atoms with Crippen molar-refractivity contribution in [3.63, 3.8) is 0 Å². The molecule has 76 heavy (non-hydrogen) atoms. The third-order valence-electron chi connectivity index (χ3n) is 16.1. The van der Waals surface area contributed by atoms with Crippen molar-refractivity contribution in [3.8, 4) is 51.8 Å². The number of nitrogens with zero attached hydrogens (tertiary/aromatic N) is 8. The van der Waals surface area contributed by atoms with Crippen molar-refractivity contribution in [1.82, 2.24) is 27.5 Å². The molecular formula is C60H72N8S8. The Morgan fingerprint density at radius 1 is 0.461 bits per heavy atom. The van der Waals surface area contributed by atoms with Gasteiger partial charge in [0.25, 0.3) is 0 Å². The number of unbranched alkanes of at least 4 members (excludes halogenated alkanes) is 5. The van der Waals surface area contributed by atoms with Crippen LogP contribution < -0.4 is 9.80 Å². The molecule has 0 N–H and O–H groups in total. The van der Waals surface area contributed by atoms with Crippen LogP contribution in [0.1, 0.15) is 162 Å². The number of fused-ring (bicyclic) bond motifs is 7. The first-order chi connectivity index (χ1) is 37.2. The third-order valence-corrected chi connectivity index (χ3v) is 24.5. The Bertz CT molecular complexity index is 3470. The Morgan fingerprint density at radius 3 is 1.36 bits per heavy atom. The van der Waals surface area contributed by atoms with Crippen LogP contribution in [0.4, 0.5) is 10.0 Å².